The molecule has 2 heterocycles. The predicted octanol–water partition coefficient (Wildman–Crippen LogP) is 4.02. The summed E-state index contributed by atoms with van der Waals surface area (Å²) in [5.41, 5.74) is 4.10. The average Bonchev–Trinajstić information content (AvgIpc) is 2.92. The van der Waals surface area contributed by atoms with Crippen LogP contribution in [0.2, 0.25) is 0 Å². The number of benzene rings is 2. The first-order valence-electron chi connectivity index (χ1n) is 12.8. The fourth-order valence-electron chi connectivity index (χ4n) is 4.80. The Labute approximate surface area is 213 Å². The van der Waals surface area contributed by atoms with Crippen molar-refractivity contribution in [2.45, 2.75) is 75.7 Å². The predicted molar refractivity (Wildman–Crippen MR) is 135 cm³/mol. The molecule has 7 heteroatoms. The van der Waals surface area contributed by atoms with Crippen molar-refractivity contribution in [2.24, 2.45) is 0 Å². The van der Waals surface area contributed by atoms with Gasteiger partial charge in [-0.15, -0.1) is 6.58 Å². The largest absolute Gasteiger partial charge is 0.394 e. The van der Waals surface area contributed by atoms with E-state index >= 15 is 0 Å². The topological polar surface area (TPSA) is 86.6 Å². The molecule has 2 aromatic rings. The van der Waals surface area contributed by atoms with Crippen LogP contribution in [0.4, 0.5) is 0 Å². The van der Waals surface area contributed by atoms with Crippen LogP contribution >= 0.6 is 0 Å². The van der Waals surface area contributed by atoms with Crippen LogP contribution in [0.15, 0.2) is 61.2 Å². The molecular weight excluding hydrogens is 460 g/mol. The van der Waals surface area contributed by atoms with Gasteiger partial charge in [0.1, 0.15) is 24.4 Å². The maximum Gasteiger partial charge on any atom is 0.184 e. The van der Waals surface area contributed by atoms with E-state index in [1.54, 1.807) is 13.2 Å². The lowest BCUT2D eigenvalue weighted by atomic mass is 9.93. The molecule has 0 aliphatic carbocycles. The first kappa shape index (κ1) is 26.9. The minimum atomic E-state index is -1.14. The van der Waals surface area contributed by atoms with Gasteiger partial charge in [-0.3, -0.25) is 0 Å². The van der Waals surface area contributed by atoms with Gasteiger partial charge in [0, 0.05) is 18.2 Å². The Bertz CT molecular complexity index is 945. The number of hydrogen-bond acceptors (Lipinski definition) is 7. The maximum absolute atomic E-state index is 10.7. The highest BCUT2D eigenvalue weighted by atomic mass is 16.8. The minimum Gasteiger partial charge on any atom is -0.394 e. The van der Waals surface area contributed by atoms with Crippen LogP contribution in [0.1, 0.15) is 54.6 Å². The smallest absolute Gasteiger partial charge is 0.184 e. The molecule has 196 valence electrons. The van der Waals surface area contributed by atoms with E-state index in [0.717, 1.165) is 36.0 Å². The summed E-state index contributed by atoms with van der Waals surface area (Å²) < 4.78 is 30.5. The molecule has 0 aromatic heterocycles. The highest BCUT2D eigenvalue weighted by Gasteiger charge is 2.51. The van der Waals surface area contributed by atoms with E-state index < -0.39 is 43.6 Å². The van der Waals surface area contributed by atoms with E-state index in [0.29, 0.717) is 13.0 Å². The van der Waals surface area contributed by atoms with Crippen molar-refractivity contribution in [2.75, 3.05) is 20.3 Å². The number of fused-ring (bicyclic) bond motifs is 1. The van der Waals surface area contributed by atoms with Crippen molar-refractivity contribution in [3.8, 4) is 0 Å². The molecule has 0 radical (unpaired) electrons. The molecule has 7 atom stereocenters. The number of ether oxygens (including phenoxy) is 5. The second kappa shape index (κ2) is 12.9. The Morgan fingerprint density at radius 3 is 2.03 bits per heavy atom. The summed E-state index contributed by atoms with van der Waals surface area (Å²) in [7, 11) is 1.69. The van der Waals surface area contributed by atoms with Crippen molar-refractivity contribution in [1.82, 2.24) is 0 Å². The summed E-state index contributed by atoms with van der Waals surface area (Å²) in [5, 5.41) is 20.5. The first-order chi connectivity index (χ1) is 17.6. The zero-order valence-electron chi connectivity index (χ0n) is 21.1. The lowest BCUT2D eigenvalue weighted by molar-refractivity contribution is -0.390. The van der Waals surface area contributed by atoms with Gasteiger partial charge in [0.05, 0.1) is 19.3 Å². The Balaban J connectivity index is 1.57. The van der Waals surface area contributed by atoms with Crippen LogP contribution < -0.4 is 0 Å². The average molecular weight is 499 g/mol. The van der Waals surface area contributed by atoms with Crippen molar-refractivity contribution in [3.63, 3.8) is 0 Å². The number of methoxy groups -OCH3 is 1. The molecule has 0 saturated carbocycles. The van der Waals surface area contributed by atoms with Gasteiger partial charge in [0.2, 0.25) is 0 Å². The molecule has 2 saturated heterocycles. The third kappa shape index (κ3) is 6.23. The summed E-state index contributed by atoms with van der Waals surface area (Å²) in [5.74, 6) is 0. The zero-order valence-corrected chi connectivity index (χ0v) is 21.1. The number of hydrogen-bond donors (Lipinski definition) is 2. The van der Waals surface area contributed by atoms with Crippen LogP contribution in [0.25, 0.3) is 0 Å². The molecule has 2 fully saturated rings. The van der Waals surface area contributed by atoms with Gasteiger partial charge in [0.15, 0.2) is 12.6 Å². The van der Waals surface area contributed by atoms with Crippen molar-refractivity contribution < 1.29 is 33.9 Å². The molecule has 0 spiro atoms. The molecule has 2 aliphatic heterocycles. The Kier molecular flexibility index (Phi) is 9.67. The lowest BCUT2D eigenvalue weighted by Gasteiger charge is -2.50. The highest BCUT2D eigenvalue weighted by Crippen LogP contribution is 2.42. The standard InChI is InChI=1S/C29H38O7/c1-4-6-19-8-12-22(13-9-19)29-34-25(23(31)18-30)27-26(35-29)24(7-5-2)33-28(36-27)21-14-10-20(11-15-21)16-17-32-3/h5,8-15,23-31H,2,4,6-7,16-18H2,1,3H3. The van der Waals surface area contributed by atoms with Crippen molar-refractivity contribution >= 4 is 0 Å². The number of rotatable bonds is 11. The Hall–Kier alpha value is -2.10. The van der Waals surface area contributed by atoms with Crippen LogP contribution in [-0.2, 0) is 36.5 Å². The van der Waals surface area contributed by atoms with Gasteiger partial charge < -0.3 is 33.9 Å². The van der Waals surface area contributed by atoms with Gasteiger partial charge in [-0.1, -0.05) is 68.0 Å². The fourth-order valence-corrected chi connectivity index (χ4v) is 4.80. The molecule has 2 aliphatic rings. The second-order valence-corrected chi connectivity index (χ2v) is 9.39. The van der Waals surface area contributed by atoms with E-state index in [9.17, 15) is 10.2 Å². The third-order valence-electron chi connectivity index (χ3n) is 6.76. The summed E-state index contributed by atoms with van der Waals surface area (Å²) in [6.45, 7) is 6.24. The normalized spacial score (nSPS) is 28.9. The van der Waals surface area contributed by atoms with Gasteiger partial charge in [-0.25, -0.2) is 0 Å². The van der Waals surface area contributed by atoms with Gasteiger partial charge in [-0.05, 0) is 30.4 Å². The number of aliphatic hydroxyl groups is 2. The maximum atomic E-state index is 10.7. The van der Waals surface area contributed by atoms with E-state index in [-0.39, 0.29) is 6.10 Å². The van der Waals surface area contributed by atoms with E-state index in [2.05, 4.69) is 25.6 Å². The SMILES string of the molecule is C=CCC1OC(c2ccc(CCOC)cc2)OC2C(C(O)CO)OC(c3ccc(CCC)cc3)OC12. The molecule has 2 N–H and O–H groups in total. The fraction of sp³-hybridized carbons (Fsp3) is 0.517. The van der Waals surface area contributed by atoms with Crippen LogP contribution in [0.3, 0.4) is 0 Å². The van der Waals surface area contributed by atoms with Crippen LogP contribution in [0.5, 0.6) is 0 Å². The first-order valence-corrected chi connectivity index (χ1v) is 12.8. The molecule has 0 bridgehead atoms. The molecule has 4 rings (SSSR count). The molecule has 7 unspecified atom stereocenters. The van der Waals surface area contributed by atoms with Crippen molar-refractivity contribution in [3.05, 3.63) is 83.4 Å². The second-order valence-electron chi connectivity index (χ2n) is 9.39. The molecule has 2 aromatic carbocycles. The molecule has 7 nitrogen and oxygen atoms in total. The quantitative estimate of drug-likeness (QED) is 0.453. The van der Waals surface area contributed by atoms with Gasteiger partial charge in [-0.2, -0.15) is 0 Å². The van der Waals surface area contributed by atoms with E-state index in [4.69, 9.17) is 23.7 Å². The van der Waals surface area contributed by atoms with Gasteiger partial charge >= 0.3 is 0 Å². The number of aryl methyl sites for hydroxylation is 1. The third-order valence-corrected chi connectivity index (χ3v) is 6.76. The molecule has 0 amide bonds. The molecule has 36 heavy (non-hydrogen) atoms. The van der Waals surface area contributed by atoms with Crippen molar-refractivity contribution in [1.29, 1.82) is 0 Å². The monoisotopic (exact) mass is 498 g/mol. The summed E-state index contributed by atoms with van der Waals surface area (Å²) in [4.78, 5) is 0. The van der Waals surface area contributed by atoms with E-state index in [1.807, 2.05) is 36.4 Å². The Morgan fingerprint density at radius 1 is 0.889 bits per heavy atom. The summed E-state index contributed by atoms with van der Waals surface area (Å²) in [6.07, 6.45) is 0.387. The van der Waals surface area contributed by atoms with Crippen LogP contribution in [-0.4, -0.2) is 61.1 Å². The summed E-state index contributed by atoms with van der Waals surface area (Å²) >= 11 is 0. The van der Waals surface area contributed by atoms with Gasteiger partial charge in [0.25, 0.3) is 0 Å². The van der Waals surface area contributed by atoms with E-state index in [1.165, 1.54) is 5.56 Å². The summed E-state index contributed by atoms with van der Waals surface area (Å²) in [6, 6.07) is 16.1. The molecular formula is C29H38O7. The lowest BCUT2D eigenvalue weighted by Crippen LogP contribution is -2.61. The highest BCUT2D eigenvalue weighted by molar-refractivity contribution is 5.25. The Morgan fingerprint density at radius 2 is 1.47 bits per heavy atom. The number of aliphatic hydroxyl groups excluding tert-OH is 2. The van der Waals surface area contributed by atoms with Crippen LogP contribution in [0, 0.1) is 0 Å². The minimum absolute atomic E-state index is 0.362. The zero-order chi connectivity index (χ0) is 25.5.